The maximum atomic E-state index is 14.2. The summed E-state index contributed by atoms with van der Waals surface area (Å²) in [5.74, 6) is -0.944. The molecule has 168 valence electrons. The molecule has 1 aromatic heterocycles. The number of rotatable bonds is 3. The summed E-state index contributed by atoms with van der Waals surface area (Å²) in [6, 6.07) is 15.0. The van der Waals surface area contributed by atoms with Crippen molar-refractivity contribution < 1.29 is 18.7 Å². The first-order chi connectivity index (χ1) is 16.0. The van der Waals surface area contributed by atoms with E-state index >= 15 is 0 Å². The van der Waals surface area contributed by atoms with Crippen LogP contribution in [-0.4, -0.2) is 29.0 Å². The number of hydrogen-bond acceptors (Lipinski definition) is 5. The van der Waals surface area contributed by atoms with Gasteiger partial charge in [-0.1, -0.05) is 54.7 Å². The lowest BCUT2D eigenvalue weighted by atomic mass is 9.77. The van der Waals surface area contributed by atoms with Crippen molar-refractivity contribution in [1.82, 2.24) is 4.98 Å². The Balaban J connectivity index is 1.49. The van der Waals surface area contributed by atoms with Crippen molar-refractivity contribution in [3.63, 3.8) is 0 Å². The summed E-state index contributed by atoms with van der Waals surface area (Å²) in [7, 11) is 0. The number of thiazole rings is 1. The molecule has 7 heteroatoms. The van der Waals surface area contributed by atoms with Crippen molar-refractivity contribution in [2.45, 2.75) is 50.9 Å². The van der Waals surface area contributed by atoms with Gasteiger partial charge in [-0.2, -0.15) is 0 Å². The Bertz CT molecular complexity index is 1300. The molecule has 2 aromatic carbocycles. The second-order valence-electron chi connectivity index (χ2n) is 8.92. The van der Waals surface area contributed by atoms with Crippen molar-refractivity contribution in [3.05, 3.63) is 71.0 Å². The highest BCUT2D eigenvalue weighted by Gasteiger charge is 2.54. The molecule has 1 fully saturated rings. The molecule has 4 atom stereocenters. The molecule has 6 rings (SSSR count). The quantitative estimate of drug-likeness (QED) is 0.530. The Morgan fingerprint density at radius 1 is 1.15 bits per heavy atom. The van der Waals surface area contributed by atoms with E-state index in [1.807, 2.05) is 42.5 Å². The van der Waals surface area contributed by atoms with Crippen molar-refractivity contribution >= 4 is 38.4 Å². The van der Waals surface area contributed by atoms with Crippen LogP contribution in [0, 0.1) is 5.92 Å². The molecule has 2 aliphatic heterocycles. The first-order valence-electron chi connectivity index (χ1n) is 11.4. The lowest BCUT2D eigenvalue weighted by molar-refractivity contribution is -0.133. The maximum absolute atomic E-state index is 14.2. The van der Waals surface area contributed by atoms with Gasteiger partial charge in [-0.25, -0.2) is 9.37 Å². The van der Waals surface area contributed by atoms with E-state index in [9.17, 15) is 14.0 Å². The number of fused-ring (bicyclic) bond motifs is 2. The SMILES string of the molecule is CCc1ccc2nc(N3C(=O)C4=C(C(=O)C5CC(F)CCC5O4)C3c3ccccc3)sc2c1. The van der Waals surface area contributed by atoms with Gasteiger partial charge in [0.05, 0.1) is 27.7 Å². The molecule has 33 heavy (non-hydrogen) atoms. The molecule has 1 saturated carbocycles. The Morgan fingerprint density at radius 2 is 1.97 bits per heavy atom. The summed E-state index contributed by atoms with van der Waals surface area (Å²) >= 11 is 1.44. The number of amides is 1. The first kappa shape index (κ1) is 20.5. The van der Waals surface area contributed by atoms with E-state index in [2.05, 4.69) is 13.0 Å². The minimum Gasteiger partial charge on any atom is -0.483 e. The molecular formula is C26H23FN2O3S. The minimum absolute atomic E-state index is 0.112. The molecule has 3 aromatic rings. The second kappa shape index (κ2) is 7.76. The molecule has 4 unspecified atom stereocenters. The van der Waals surface area contributed by atoms with Crippen LogP contribution in [0.2, 0.25) is 0 Å². The third kappa shape index (κ3) is 3.21. The number of carbonyl (C=O) groups is 2. The van der Waals surface area contributed by atoms with E-state index in [1.54, 1.807) is 4.90 Å². The minimum atomic E-state index is -1.01. The topological polar surface area (TPSA) is 59.5 Å². The van der Waals surface area contributed by atoms with Crippen LogP contribution < -0.4 is 4.90 Å². The number of benzene rings is 2. The standard InChI is InChI=1S/C26H23FN2O3S/c1-2-14-8-10-18-20(12-14)33-26(28-18)29-22(15-6-4-3-5-7-15)21-23(30)17-13-16(27)9-11-19(17)32-24(21)25(29)31/h3-8,10,12,16-17,19,22H,2,9,11,13H2,1H3. The zero-order valence-electron chi connectivity index (χ0n) is 18.2. The number of alkyl halides is 1. The van der Waals surface area contributed by atoms with Crippen LogP contribution in [0.15, 0.2) is 59.9 Å². The van der Waals surface area contributed by atoms with Gasteiger partial charge >= 0.3 is 0 Å². The van der Waals surface area contributed by atoms with Crippen LogP contribution >= 0.6 is 11.3 Å². The fraction of sp³-hybridized carbons (Fsp3) is 0.346. The van der Waals surface area contributed by atoms with Crippen LogP contribution in [0.5, 0.6) is 0 Å². The normalized spacial score (nSPS) is 27.0. The zero-order valence-corrected chi connectivity index (χ0v) is 19.0. The molecule has 0 spiro atoms. The Hall–Kier alpha value is -3.06. The van der Waals surface area contributed by atoms with Gasteiger partial charge in [-0.05, 0) is 48.9 Å². The second-order valence-corrected chi connectivity index (χ2v) is 9.93. The highest BCUT2D eigenvalue weighted by Crippen LogP contribution is 2.49. The van der Waals surface area contributed by atoms with Crippen LogP contribution in [0.25, 0.3) is 10.2 Å². The Labute approximate surface area is 194 Å². The summed E-state index contributed by atoms with van der Waals surface area (Å²) in [6.07, 6.45) is 0.409. The lowest BCUT2D eigenvalue weighted by Gasteiger charge is -2.36. The largest absolute Gasteiger partial charge is 0.483 e. The first-order valence-corrected chi connectivity index (χ1v) is 12.2. The highest BCUT2D eigenvalue weighted by molar-refractivity contribution is 7.22. The van der Waals surface area contributed by atoms with Crippen LogP contribution in [0.1, 0.15) is 43.4 Å². The van der Waals surface area contributed by atoms with Gasteiger partial charge in [0, 0.05) is 0 Å². The number of halogens is 1. The van der Waals surface area contributed by atoms with Crippen LogP contribution in [-0.2, 0) is 20.7 Å². The number of Topliss-reactive ketones (excluding diaryl/α,β-unsaturated/α-hetero) is 1. The van der Waals surface area contributed by atoms with E-state index in [0.717, 1.165) is 22.2 Å². The van der Waals surface area contributed by atoms with Crippen LogP contribution in [0.4, 0.5) is 9.52 Å². The number of aromatic nitrogens is 1. The van der Waals surface area contributed by atoms with E-state index in [-0.39, 0.29) is 23.9 Å². The number of nitrogens with zero attached hydrogens (tertiary/aromatic N) is 2. The molecule has 0 saturated heterocycles. The van der Waals surface area contributed by atoms with Gasteiger partial charge < -0.3 is 4.74 Å². The smallest absolute Gasteiger partial charge is 0.296 e. The summed E-state index contributed by atoms with van der Waals surface area (Å²) in [4.78, 5) is 33.7. The molecule has 0 N–H and O–H groups in total. The monoisotopic (exact) mass is 462 g/mol. The number of ether oxygens (including phenoxy) is 1. The molecule has 3 aliphatic rings. The number of aryl methyl sites for hydroxylation is 1. The van der Waals surface area contributed by atoms with E-state index in [0.29, 0.717) is 23.5 Å². The fourth-order valence-corrected chi connectivity index (χ4v) is 6.30. The van der Waals surface area contributed by atoms with Gasteiger partial charge in [0.1, 0.15) is 12.3 Å². The Morgan fingerprint density at radius 3 is 2.76 bits per heavy atom. The molecule has 5 nitrogen and oxygen atoms in total. The summed E-state index contributed by atoms with van der Waals surface area (Å²) in [5.41, 5.74) is 3.17. The van der Waals surface area contributed by atoms with Gasteiger partial charge in [0.25, 0.3) is 5.91 Å². The molecule has 1 amide bonds. The third-order valence-electron chi connectivity index (χ3n) is 6.95. The van der Waals surface area contributed by atoms with Gasteiger partial charge in [0.15, 0.2) is 16.7 Å². The number of ketones is 1. The van der Waals surface area contributed by atoms with Gasteiger partial charge in [0.2, 0.25) is 0 Å². The van der Waals surface area contributed by atoms with E-state index < -0.39 is 24.2 Å². The van der Waals surface area contributed by atoms with Gasteiger partial charge in [-0.15, -0.1) is 0 Å². The molecule has 1 aliphatic carbocycles. The predicted octanol–water partition coefficient (Wildman–Crippen LogP) is 5.31. The van der Waals surface area contributed by atoms with E-state index in [1.165, 1.54) is 16.9 Å². The Kier molecular flexibility index (Phi) is 4.83. The third-order valence-corrected chi connectivity index (χ3v) is 7.97. The van der Waals surface area contributed by atoms with Crippen molar-refractivity contribution in [2.24, 2.45) is 5.92 Å². The highest BCUT2D eigenvalue weighted by atomic mass is 32.1. The average Bonchev–Trinajstić information content (AvgIpc) is 3.38. The van der Waals surface area contributed by atoms with Crippen LogP contribution in [0.3, 0.4) is 0 Å². The molecule has 0 bridgehead atoms. The van der Waals surface area contributed by atoms with E-state index in [4.69, 9.17) is 9.72 Å². The predicted molar refractivity (Wildman–Crippen MR) is 125 cm³/mol. The molecule has 0 radical (unpaired) electrons. The number of carbonyl (C=O) groups excluding carboxylic acids is 2. The summed E-state index contributed by atoms with van der Waals surface area (Å²) < 4.78 is 21.3. The fourth-order valence-electron chi connectivity index (χ4n) is 5.24. The summed E-state index contributed by atoms with van der Waals surface area (Å²) in [6.45, 7) is 2.10. The number of hydrogen-bond donors (Lipinski definition) is 0. The lowest BCUT2D eigenvalue weighted by Crippen LogP contribution is -2.42. The van der Waals surface area contributed by atoms with Gasteiger partial charge in [-0.3, -0.25) is 14.5 Å². The van der Waals surface area contributed by atoms with Crippen molar-refractivity contribution in [1.29, 1.82) is 0 Å². The molecular weight excluding hydrogens is 439 g/mol. The number of anilines is 1. The van der Waals surface area contributed by atoms with Crippen molar-refractivity contribution in [2.75, 3.05) is 4.90 Å². The maximum Gasteiger partial charge on any atom is 0.296 e. The summed E-state index contributed by atoms with van der Waals surface area (Å²) in [5, 5.41) is 0.536. The zero-order chi connectivity index (χ0) is 22.7. The average molecular weight is 463 g/mol. The van der Waals surface area contributed by atoms with Crippen molar-refractivity contribution in [3.8, 4) is 0 Å². The molecule has 3 heterocycles.